The number of likely N-dealkylation sites (N-methyl/N-ethyl adjacent to an activating group) is 1. The largest absolute Gasteiger partial charge is 0.507 e. The Morgan fingerprint density at radius 2 is 1.70 bits per heavy atom. The molecule has 1 fully saturated rings. The maximum atomic E-state index is 14.1. The third-order valence-corrected chi connectivity index (χ3v) is 6.40. The Morgan fingerprint density at radius 1 is 1.03 bits per heavy atom. The van der Waals surface area contributed by atoms with Crippen LogP contribution < -0.4 is 4.90 Å². The summed E-state index contributed by atoms with van der Waals surface area (Å²) in [5, 5.41) is 11.8. The summed E-state index contributed by atoms with van der Waals surface area (Å²) in [7, 11) is 3.70. The van der Waals surface area contributed by atoms with Crippen molar-refractivity contribution < 1.29 is 19.5 Å². The van der Waals surface area contributed by atoms with Gasteiger partial charge >= 0.3 is 0 Å². The highest BCUT2D eigenvalue weighted by atomic mass is 35.5. The SMILES string of the molecule is CCCN1C(=O)C2(C(=C(O)c3ccc(Cl)cc3)C(=O)C(=O)N2CCN(C)C)c2ccccc21. The van der Waals surface area contributed by atoms with Crippen LogP contribution in [0, 0.1) is 0 Å². The van der Waals surface area contributed by atoms with Crippen LogP contribution in [0.5, 0.6) is 0 Å². The van der Waals surface area contributed by atoms with Crippen molar-refractivity contribution in [2.45, 2.75) is 18.9 Å². The number of aliphatic hydroxyl groups is 1. The third kappa shape index (κ3) is 3.43. The Labute approximate surface area is 197 Å². The number of anilines is 1. The van der Waals surface area contributed by atoms with Crippen LogP contribution >= 0.6 is 11.6 Å². The van der Waals surface area contributed by atoms with Gasteiger partial charge in [-0.25, -0.2) is 0 Å². The summed E-state index contributed by atoms with van der Waals surface area (Å²) in [6, 6.07) is 13.5. The number of carbonyl (C=O) groups excluding carboxylic acids is 3. The molecule has 0 bridgehead atoms. The van der Waals surface area contributed by atoms with E-state index in [0.717, 1.165) is 0 Å². The van der Waals surface area contributed by atoms with Gasteiger partial charge in [-0.05, 0) is 50.8 Å². The average molecular weight is 468 g/mol. The summed E-state index contributed by atoms with van der Waals surface area (Å²) in [5.74, 6) is -2.46. The van der Waals surface area contributed by atoms with Crippen molar-refractivity contribution in [1.29, 1.82) is 0 Å². The minimum Gasteiger partial charge on any atom is -0.507 e. The van der Waals surface area contributed by atoms with Gasteiger partial charge in [0.15, 0.2) is 5.54 Å². The number of aliphatic hydroxyl groups excluding tert-OH is 1. The van der Waals surface area contributed by atoms with Gasteiger partial charge in [0.05, 0.1) is 11.3 Å². The van der Waals surface area contributed by atoms with Gasteiger partial charge in [0.25, 0.3) is 17.6 Å². The van der Waals surface area contributed by atoms with Crippen LogP contribution in [0.3, 0.4) is 0 Å². The highest BCUT2D eigenvalue weighted by Crippen LogP contribution is 2.53. The van der Waals surface area contributed by atoms with Gasteiger partial charge in [-0.15, -0.1) is 0 Å². The molecule has 0 aliphatic carbocycles. The van der Waals surface area contributed by atoms with Crippen LogP contribution in [0.25, 0.3) is 5.76 Å². The van der Waals surface area contributed by atoms with E-state index in [1.54, 1.807) is 41.3 Å². The highest BCUT2D eigenvalue weighted by molar-refractivity contribution is 6.50. The number of hydrogen-bond acceptors (Lipinski definition) is 5. The van der Waals surface area contributed by atoms with E-state index in [1.807, 2.05) is 38.1 Å². The summed E-state index contributed by atoms with van der Waals surface area (Å²) >= 11 is 5.99. The quantitative estimate of drug-likeness (QED) is 0.401. The van der Waals surface area contributed by atoms with E-state index in [4.69, 9.17) is 11.6 Å². The van der Waals surface area contributed by atoms with Crippen LogP contribution in [-0.2, 0) is 19.9 Å². The van der Waals surface area contributed by atoms with E-state index in [1.165, 1.54) is 4.90 Å². The van der Waals surface area contributed by atoms with Gasteiger partial charge in [-0.2, -0.15) is 0 Å². The second kappa shape index (κ2) is 8.65. The minimum absolute atomic E-state index is 0.148. The lowest BCUT2D eigenvalue weighted by Crippen LogP contribution is -2.53. The lowest BCUT2D eigenvalue weighted by molar-refractivity contribution is -0.143. The Hall–Kier alpha value is -3.16. The Bertz CT molecular complexity index is 1160. The van der Waals surface area contributed by atoms with Crippen LogP contribution in [-0.4, -0.2) is 66.2 Å². The van der Waals surface area contributed by atoms with Crippen molar-refractivity contribution >= 4 is 40.6 Å². The fourth-order valence-corrected chi connectivity index (χ4v) is 4.79. The topological polar surface area (TPSA) is 81.2 Å². The zero-order valence-electron chi connectivity index (χ0n) is 18.8. The molecule has 0 saturated carbocycles. The van der Waals surface area contributed by atoms with Gasteiger partial charge < -0.3 is 19.8 Å². The molecule has 7 nitrogen and oxygen atoms in total. The smallest absolute Gasteiger partial charge is 0.296 e. The number of likely N-dealkylation sites (tertiary alicyclic amines) is 1. The second-order valence-corrected chi connectivity index (χ2v) is 8.94. The highest BCUT2D eigenvalue weighted by Gasteiger charge is 2.66. The number of Topliss-reactive ketones (excluding diaryl/α,β-unsaturated/α-hetero) is 1. The predicted octanol–water partition coefficient (Wildman–Crippen LogP) is 3.23. The molecule has 2 aromatic carbocycles. The molecule has 1 N–H and O–H groups in total. The van der Waals surface area contributed by atoms with E-state index >= 15 is 0 Å². The number of fused-ring (bicyclic) bond motifs is 2. The van der Waals surface area contributed by atoms with Crippen molar-refractivity contribution in [3.63, 3.8) is 0 Å². The lowest BCUT2D eigenvalue weighted by Gasteiger charge is -2.35. The first-order valence-electron chi connectivity index (χ1n) is 10.9. The van der Waals surface area contributed by atoms with Crippen molar-refractivity contribution in [3.05, 3.63) is 70.3 Å². The Balaban J connectivity index is 2.04. The molecule has 2 aromatic rings. The van der Waals surface area contributed by atoms with Crippen molar-refractivity contribution in [3.8, 4) is 0 Å². The molecule has 1 saturated heterocycles. The lowest BCUT2D eigenvalue weighted by atomic mass is 9.82. The number of nitrogens with zero attached hydrogens (tertiary/aromatic N) is 3. The standard InChI is InChI=1S/C25H26ClN3O4/c1-4-13-28-19-8-6-5-7-18(19)25(24(28)33)20(21(30)16-9-11-17(26)12-10-16)22(31)23(32)29(25)15-14-27(2)3/h5-12,30H,4,13-15H2,1-3H3. The van der Waals surface area contributed by atoms with Crippen molar-refractivity contribution in [2.75, 3.05) is 38.6 Å². The summed E-state index contributed by atoms with van der Waals surface area (Å²) < 4.78 is 0. The molecule has 1 atom stereocenters. The summed E-state index contributed by atoms with van der Waals surface area (Å²) in [6.45, 7) is 2.97. The number of halogens is 1. The molecule has 1 unspecified atom stereocenters. The second-order valence-electron chi connectivity index (χ2n) is 8.50. The Kier molecular flexibility index (Phi) is 6.03. The number of para-hydroxylation sites is 1. The van der Waals surface area contributed by atoms with E-state index in [9.17, 15) is 19.5 Å². The molecule has 0 aromatic heterocycles. The molecule has 4 rings (SSSR count). The molecule has 2 heterocycles. The van der Waals surface area contributed by atoms with Gasteiger partial charge in [-0.1, -0.05) is 36.7 Å². The van der Waals surface area contributed by atoms with Crippen molar-refractivity contribution in [1.82, 2.24) is 9.80 Å². The van der Waals surface area contributed by atoms with Gasteiger partial charge in [0.1, 0.15) is 5.76 Å². The predicted molar refractivity (Wildman–Crippen MR) is 127 cm³/mol. The van der Waals surface area contributed by atoms with E-state index in [0.29, 0.717) is 41.3 Å². The molecule has 0 radical (unpaired) electrons. The maximum Gasteiger partial charge on any atom is 0.296 e. The normalized spacial score (nSPS) is 21.5. The summed E-state index contributed by atoms with van der Waals surface area (Å²) in [4.78, 5) is 45.7. The molecule has 172 valence electrons. The number of amides is 2. The summed E-state index contributed by atoms with van der Waals surface area (Å²) in [6.07, 6.45) is 0.692. The molecule has 33 heavy (non-hydrogen) atoms. The molecule has 2 aliphatic heterocycles. The third-order valence-electron chi connectivity index (χ3n) is 6.14. The number of benzene rings is 2. The van der Waals surface area contributed by atoms with Gasteiger partial charge in [-0.3, -0.25) is 14.4 Å². The average Bonchev–Trinajstić information content (AvgIpc) is 3.16. The van der Waals surface area contributed by atoms with E-state index < -0.39 is 23.1 Å². The zero-order valence-corrected chi connectivity index (χ0v) is 19.6. The Morgan fingerprint density at radius 3 is 2.33 bits per heavy atom. The van der Waals surface area contributed by atoms with Crippen LogP contribution in [0.2, 0.25) is 5.02 Å². The summed E-state index contributed by atoms with van der Waals surface area (Å²) in [5.41, 5.74) is -0.451. The van der Waals surface area contributed by atoms with E-state index in [-0.39, 0.29) is 17.9 Å². The maximum absolute atomic E-state index is 14.1. The first kappa shape index (κ1) is 23.0. The number of hydrogen-bond donors (Lipinski definition) is 1. The number of rotatable bonds is 6. The zero-order chi connectivity index (χ0) is 23.9. The van der Waals surface area contributed by atoms with Crippen molar-refractivity contribution in [2.24, 2.45) is 0 Å². The monoisotopic (exact) mass is 467 g/mol. The number of ketones is 1. The van der Waals surface area contributed by atoms with E-state index in [2.05, 4.69) is 0 Å². The molecule has 1 spiro atoms. The fraction of sp³-hybridized carbons (Fsp3) is 0.320. The van der Waals surface area contributed by atoms with Crippen LogP contribution in [0.15, 0.2) is 54.1 Å². The molecular formula is C25H26ClN3O4. The van der Waals surface area contributed by atoms with Gasteiger partial charge in [0.2, 0.25) is 0 Å². The first-order chi connectivity index (χ1) is 15.7. The first-order valence-corrected chi connectivity index (χ1v) is 11.2. The molecular weight excluding hydrogens is 442 g/mol. The van der Waals surface area contributed by atoms with Crippen LogP contribution in [0.4, 0.5) is 5.69 Å². The minimum atomic E-state index is -1.72. The number of carbonyl (C=O) groups is 3. The fourth-order valence-electron chi connectivity index (χ4n) is 4.66. The van der Waals surface area contributed by atoms with Crippen LogP contribution in [0.1, 0.15) is 24.5 Å². The molecule has 2 aliphatic rings. The molecule has 8 heteroatoms. The molecule has 2 amide bonds. The van der Waals surface area contributed by atoms with Gasteiger partial charge in [0, 0.05) is 35.8 Å².